The van der Waals surface area contributed by atoms with Gasteiger partial charge in [0, 0.05) is 13.0 Å². The number of nitrogens with one attached hydrogen (secondary N) is 2. The number of fused-ring (bicyclic) bond motifs is 1. The normalized spacial score (nSPS) is 11.4. The van der Waals surface area contributed by atoms with Gasteiger partial charge in [0.1, 0.15) is 11.9 Å². The van der Waals surface area contributed by atoms with Gasteiger partial charge in [-0.25, -0.2) is 4.98 Å². The lowest BCUT2D eigenvalue weighted by Crippen LogP contribution is -2.21. The molecule has 2 aromatic rings. The molecule has 0 aliphatic rings. The zero-order valence-electron chi connectivity index (χ0n) is 12.0. The van der Waals surface area contributed by atoms with Crippen LogP contribution < -0.4 is 11.2 Å². The largest absolute Gasteiger partial charge is 0.382 e. The van der Waals surface area contributed by atoms with Crippen molar-refractivity contribution in [2.45, 2.75) is 26.8 Å². The standard InChI is InChI=1S/C14H17N7/c1-3-13-18-10-7-9(5-6-12(10)21(13)4-2)19-20-11(8-15)14(16)17/h5-7,19H,3-4H2,1-2H3,(H3,16,17)/b20-11+. The maximum atomic E-state index is 8.79. The second-order valence-electron chi connectivity index (χ2n) is 4.43. The number of aryl methyl sites for hydroxylation is 2. The second kappa shape index (κ2) is 6.05. The molecule has 21 heavy (non-hydrogen) atoms. The van der Waals surface area contributed by atoms with Crippen LogP contribution in [0.4, 0.5) is 5.69 Å². The first-order valence-corrected chi connectivity index (χ1v) is 6.68. The van der Waals surface area contributed by atoms with E-state index in [2.05, 4.69) is 33.9 Å². The Morgan fingerprint density at radius 2 is 2.29 bits per heavy atom. The third-order valence-electron chi connectivity index (χ3n) is 3.12. The zero-order valence-corrected chi connectivity index (χ0v) is 12.0. The number of anilines is 1. The Kier molecular flexibility index (Phi) is 4.18. The van der Waals surface area contributed by atoms with Crippen molar-refractivity contribution < 1.29 is 0 Å². The van der Waals surface area contributed by atoms with Gasteiger partial charge in [0.25, 0.3) is 0 Å². The average Bonchev–Trinajstić information content (AvgIpc) is 2.84. The summed E-state index contributed by atoms with van der Waals surface area (Å²) < 4.78 is 2.17. The fourth-order valence-electron chi connectivity index (χ4n) is 2.14. The summed E-state index contributed by atoms with van der Waals surface area (Å²) in [6.45, 7) is 5.03. The van der Waals surface area contributed by atoms with Crippen molar-refractivity contribution >= 4 is 28.3 Å². The van der Waals surface area contributed by atoms with Crippen LogP contribution in [-0.2, 0) is 13.0 Å². The highest BCUT2D eigenvalue weighted by molar-refractivity contribution is 6.45. The van der Waals surface area contributed by atoms with Crippen LogP contribution in [0.3, 0.4) is 0 Å². The number of rotatable bonds is 5. The number of benzene rings is 1. The van der Waals surface area contributed by atoms with E-state index in [1.807, 2.05) is 18.2 Å². The first kappa shape index (κ1) is 14.5. The van der Waals surface area contributed by atoms with Crippen molar-refractivity contribution in [3.05, 3.63) is 24.0 Å². The Bertz CT molecular complexity index is 749. The van der Waals surface area contributed by atoms with Gasteiger partial charge in [-0.3, -0.25) is 10.8 Å². The molecule has 0 saturated carbocycles. The smallest absolute Gasteiger partial charge is 0.201 e. The van der Waals surface area contributed by atoms with Crippen LogP contribution in [0.1, 0.15) is 19.7 Å². The fraction of sp³-hybridized carbons (Fsp3) is 0.286. The maximum absolute atomic E-state index is 8.79. The molecule has 0 saturated heterocycles. The van der Waals surface area contributed by atoms with E-state index in [1.165, 1.54) is 0 Å². The van der Waals surface area contributed by atoms with Gasteiger partial charge in [0.15, 0.2) is 5.84 Å². The minimum Gasteiger partial charge on any atom is -0.382 e. The summed E-state index contributed by atoms with van der Waals surface area (Å²) in [5.74, 6) is 0.671. The molecule has 1 aromatic heterocycles. The van der Waals surface area contributed by atoms with Crippen molar-refractivity contribution in [3.63, 3.8) is 0 Å². The third kappa shape index (κ3) is 2.84. The van der Waals surface area contributed by atoms with E-state index in [4.69, 9.17) is 16.4 Å². The summed E-state index contributed by atoms with van der Waals surface area (Å²) in [5, 5.41) is 19.8. The predicted octanol–water partition coefficient (Wildman–Crippen LogP) is 1.85. The van der Waals surface area contributed by atoms with E-state index >= 15 is 0 Å². The first-order valence-electron chi connectivity index (χ1n) is 6.68. The van der Waals surface area contributed by atoms with E-state index in [0.717, 1.165) is 29.8 Å². The molecule has 0 aliphatic heterocycles. The highest BCUT2D eigenvalue weighted by Gasteiger charge is 2.08. The molecule has 0 fully saturated rings. The molecule has 7 nitrogen and oxygen atoms in total. The molecule has 0 bridgehead atoms. The summed E-state index contributed by atoms with van der Waals surface area (Å²) in [6.07, 6.45) is 0.867. The summed E-state index contributed by atoms with van der Waals surface area (Å²) in [5.41, 5.74) is 10.4. The molecule has 1 aromatic carbocycles. The molecule has 0 radical (unpaired) electrons. The SMILES string of the molecule is CCc1nc2cc(N/N=C(\C#N)C(=N)N)ccc2n1CC. The van der Waals surface area contributed by atoms with Gasteiger partial charge in [0.2, 0.25) is 5.71 Å². The molecule has 2 rings (SSSR count). The van der Waals surface area contributed by atoms with Gasteiger partial charge >= 0.3 is 0 Å². The van der Waals surface area contributed by atoms with Crippen molar-refractivity contribution in [1.29, 1.82) is 10.7 Å². The topological polar surface area (TPSA) is 116 Å². The Hall–Kier alpha value is -2.88. The maximum Gasteiger partial charge on any atom is 0.201 e. The van der Waals surface area contributed by atoms with Gasteiger partial charge in [-0.1, -0.05) is 6.92 Å². The van der Waals surface area contributed by atoms with Gasteiger partial charge in [-0.05, 0) is 25.1 Å². The molecule has 0 atom stereocenters. The highest BCUT2D eigenvalue weighted by atomic mass is 15.3. The average molecular weight is 283 g/mol. The fourth-order valence-corrected chi connectivity index (χ4v) is 2.14. The lowest BCUT2D eigenvalue weighted by atomic mass is 10.3. The second-order valence-corrected chi connectivity index (χ2v) is 4.43. The summed E-state index contributed by atoms with van der Waals surface area (Å²) in [4.78, 5) is 4.59. The van der Waals surface area contributed by atoms with Crippen molar-refractivity contribution in [1.82, 2.24) is 9.55 Å². The third-order valence-corrected chi connectivity index (χ3v) is 3.12. The number of hydrogen-bond donors (Lipinski definition) is 3. The van der Waals surface area contributed by atoms with Crippen molar-refractivity contribution in [3.8, 4) is 6.07 Å². The van der Waals surface area contributed by atoms with E-state index < -0.39 is 0 Å². The first-order chi connectivity index (χ1) is 10.1. The highest BCUT2D eigenvalue weighted by Crippen LogP contribution is 2.21. The molecule has 7 heteroatoms. The van der Waals surface area contributed by atoms with E-state index in [9.17, 15) is 0 Å². The molecule has 0 unspecified atom stereocenters. The van der Waals surface area contributed by atoms with E-state index in [-0.39, 0.29) is 11.5 Å². The van der Waals surface area contributed by atoms with Crippen molar-refractivity contribution in [2.24, 2.45) is 10.8 Å². The molecular weight excluding hydrogens is 266 g/mol. The number of nitriles is 1. The number of aromatic nitrogens is 2. The van der Waals surface area contributed by atoms with Crippen LogP contribution in [0.25, 0.3) is 11.0 Å². The minimum atomic E-state index is -0.366. The Labute approximate surface area is 122 Å². The van der Waals surface area contributed by atoms with E-state index in [1.54, 1.807) is 6.07 Å². The number of amidine groups is 1. The molecule has 108 valence electrons. The Morgan fingerprint density at radius 1 is 1.52 bits per heavy atom. The van der Waals surface area contributed by atoms with Gasteiger partial charge in [-0.2, -0.15) is 10.4 Å². The van der Waals surface area contributed by atoms with Crippen molar-refractivity contribution in [2.75, 3.05) is 5.43 Å². The van der Waals surface area contributed by atoms with Crippen LogP contribution in [0.2, 0.25) is 0 Å². The molecule has 4 N–H and O–H groups in total. The quantitative estimate of drug-likeness (QED) is 0.441. The van der Waals surface area contributed by atoms with Gasteiger partial charge in [0.05, 0.1) is 16.7 Å². The number of hydrazone groups is 1. The predicted molar refractivity (Wildman–Crippen MR) is 83.4 cm³/mol. The van der Waals surface area contributed by atoms with Crippen LogP contribution in [-0.4, -0.2) is 21.1 Å². The molecular formula is C14H17N7. The van der Waals surface area contributed by atoms with Crippen LogP contribution >= 0.6 is 0 Å². The minimum absolute atomic E-state index is 0.150. The number of nitrogens with zero attached hydrogens (tertiary/aromatic N) is 4. The van der Waals surface area contributed by atoms with Crippen LogP contribution in [0, 0.1) is 16.7 Å². The Morgan fingerprint density at radius 3 is 2.86 bits per heavy atom. The van der Waals surface area contributed by atoms with Crippen LogP contribution in [0.5, 0.6) is 0 Å². The molecule has 1 heterocycles. The number of imidazole rings is 1. The molecule has 0 amide bonds. The Balaban J connectivity index is 2.36. The number of nitrogens with two attached hydrogens (primary N) is 1. The number of hydrogen-bond acceptors (Lipinski definition) is 5. The van der Waals surface area contributed by atoms with Crippen LogP contribution in [0.15, 0.2) is 23.3 Å². The zero-order chi connectivity index (χ0) is 15.4. The summed E-state index contributed by atoms with van der Waals surface area (Å²) in [7, 11) is 0. The molecule has 0 aliphatic carbocycles. The molecule has 0 spiro atoms. The lowest BCUT2D eigenvalue weighted by molar-refractivity contribution is 0.726. The monoisotopic (exact) mass is 283 g/mol. The summed E-state index contributed by atoms with van der Waals surface area (Å²) >= 11 is 0. The van der Waals surface area contributed by atoms with E-state index in [0.29, 0.717) is 5.69 Å². The summed E-state index contributed by atoms with van der Waals surface area (Å²) in [6, 6.07) is 7.44. The van der Waals surface area contributed by atoms with Gasteiger partial charge < -0.3 is 10.3 Å². The van der Waals surface area contributed by atoms with Gasteiger partial charge in [-0.15, -0.1) is 0 Å². The lowest BCUT2D eigenvalue weighted by Gasteiger charge is -2.04.